The number of halogens is 3. The van der Waals surface area contributed by atoms with E-state index in [9.17, 15) is 22.8 Å². The van der Waals surface area contributed by atoms with E-state index in [0.29, 0.717) is 16.9 Å². The van der Waals surface area contributed by atoms with Gasteiger partial charge in [-0.25, -0.2) is 10.1 Å². The molecule has 0 atom stereocenters. The molecule has 31 heavy (non-hydrogen) atoms. The summed E-state index contributed by atoms with van der Waals surface area (Å²) in [6.45, 7) is 7.20. The van der Waals surface area contributed by atoms with Crippen molar-refractivity contribution in [1.29, 1.82) is 0 Å². The molecule has 0 radical (unpaired) electrons. The smallest absolute Gasteiger partial charge is 0.295 e. The lowest BCUT2D eigenvalue weighted by Crippen LogP contribution is -2.23. The molecule has 9 heteroatoms. The van der Waals surface area contributed by atoms with Gasteiger partial charge in [0.2, 0.25) is 0 Å². The number of nitrogens with zero attached hydrogens (tertiary/aromatic N) is 2. The van der Waals surface area contributed by atoms with Gasteiger partial charge in [-0.2, -0.15) is 18.3 Å². The molecule has 1 aromatic heterocycles. The highest BCUT2D eigenvalue weighted by Gasteiger charge is 2.30. The van der Waals surface area contributed by atoms with E-state index in [-0.39, 0.29) is 16.8 Å². The number of alkyl halides is 3. The van der Waals surface area contributed by atoms with Crippen molar-refractivity contribution in [2.75, 3.05) is 0 Å². The first-order chi connectivity index (χ1) is 14.5. The molecule has 1 heterocycles. The van der Waals surface area contributed by atoms with E-state index in [1.54, 1.807) is 13.8 Å². The van der Waals surface area contributed by atoms with Gasteiger partial charge in [0.15, 0.2) is 0 Å². The molecule has 6 nitrogen and oxygen atoms in total. The third kappa shape index (κ3) is 4.60. The summed E-state index contributed by atoms with van der Waals surface area (Å²) in [6.07, 6.45) is -4.48. The van der Waals surface area contributed by atoms with Gasteiger partial charge in [0, 0.05) is 11.3 Å². The van der Waals surface area contributed by atoms with Crippen molar-refractivity contribution in [3.8, 4) is 5.69 Å². The number of H-pyrrole nitrogens is 1. The Labute approximate surface area is 176 Å². The fourth-order valence-corrected chi connectivity index (χ4v) is 3.08. The largest absolute Gasteiger partial charge is 0.416 e. The van der Waals surface area contributed by atoms with Gasteiger partial charge < -0.3 is 0 Å². The van der Waals surface area contributed by atoms with Gasteiger partial charge in [-0.05, 0) is 75.2 Å². The third-order valence-corrected chi connectivity index (χ3v) is 4.98. The van der Waals surface area contributed by atoms with Crippen molar-refractivity contribution in [2.45, 2.75) is 33.9 Å². The fourth-order valence-electron chi connectivity index (χ4n) is 3.08. The second-order valence-electron chi connectivity index (χ2n) is 7.23. The lowest BCUT2D eigenvalue weighted by Gasteiger charge is -2.07. The summed E-state index contributed by atoms with van der Waals surface area (Å²) in [4.78, 5) is 25.1. The molecule has 0 aliphatic carbocycles. The van der Waals surface area contributed by atoms with Crippen LogP contribution in [0.25, 0.3) is 5.69 Å². The molecule has 162 valence electrons. The van der Waals surface area contributed by atoms with Crippen LogP contribution in [0.4, 0.5) is 13.2 Å². The Kier molecular flexibility index (Phi) is 5.88. The Balaban J connectivity index is 1.83. The highest BCUT2D eigenvalue weighted by molar-refractivity contribution is 6.01. The number of nitrogens with one attached hydrogen (secondary N) is 2. The topological polar surface area (TPSA) is 79.2 Å². The number of aromatic nitrogens is 2. The maximum absolute atomic E-state index is 12.9. The average molecular weight is 430 g/mol. The predicted molar refractivity (Wildman–Crippen MR) is 112 cm³/mol. The van der Waals surface area contributed by atoms with Crippen molar-refractivity contribution in [3.63, 3.8) is 0 Å². The first kappa shape index (κ1) is 22.1. The summed E-state index contributed by atoms with van der Waals surface area (Å²) in [5.41, 5.74) is 5.05. The van der Waals surface area contributed by atoms with Crippen molar-refractivity contribution >= 4 is 11.6 Å². The molecule has 3 rings (SSSR count). The molecule has 2 N–H and O–H groups in total. The zero-order valence-corrected chi connectivity index (χ0v) is 17.4. The van der Waals surface area contributed by atoms with Crippen LogP contribution in [0.2, 0.25) is 0 Å². The van der Waals surface area contributed by atoms with Crippen LogP contribution in [0.3, 0.4) is 0 Å². The minimum absolute atomic E-state index is 0.0166. The molecule has 0 saturated carbocycles. The molecule has 2 aromatic carbocycles. The van der Waals surface area contributed by atoms with Crippen LogP contribution in [-0.4, -0.2) is 21.4 Å². The molecule has 1 amide bonds. The molecule has 0 fully saturated rings. The van der Waals surface area contributed by atoms with Crippen LogP contribution in [0, 0.1) is 20.8 Å². The SMILES string of the molecule is CC(=NNC(=O)c1ccc(C(F)(F)F)cc1)c1c(C)[nH]n(-c2ccc(C)c(C)c2)c1=O. The van der Waals surface area contributed by atoms with E-state index in [4.69, 9.17) is 0 Å². The molecule has 0 aliphatic rings. The number of aromatic amines is 1. The van der Waals surface area contributed by atoms with Gasteiger partial charge in [-0.3, -0.25) is 14.7 Å². The van der Waals surface area contributed by atoms with E-state index in [1.165, 1.54) is 4.68 Å². The summed E-state index contributed by atoms with van der Waals surface area (Å²) in [5.74, 6) is -0.684. The van der Waals surface area contributed by atoms with E-state index in [1.807, 2.05) is 32.0 Å². The third-order valence-electron chi connectivity index (χ3n) is 4.98. The van der Waals surface area contributed by atoms with E-state index < -0.39 is 17.6 Å². The van der Waals surface area contributed by atoms with Gasteiger partial charge in [-0.1, -0.05) is 6.07 Å². The number of aryl methyl sites for hydroxylation is 3. The molecule has 3 aromatic rings. The highest BCUT2D eigenvalue weighted by Crippen LogP contribution is 2.29. The Morgan fingerprint density at radius 3 is 2.26 bits per heavy atom. The van der Waals surface area contributed by atoms with Crippen LogP contribution >= 0.6 is 0 Å². The Hall–Kier alpha value is -3.62. The normalized spacial score (nSPS) is 12.2. The van der Waals surface area contributed by atoms with Gasteiger partial charge in [0.1, 0.15) is 0 Å². The molecule has 0 saturated heterocycles. The van der Waals surface area contributed by atoms with Crippen LogP contribution in [0.1, 0.15) is 45.2 Å². The second kappa shape index (κ2) is 8.25. The molecular weight excluding hydrogens is 409 g/mol. The monoisotopic (exact) mass is 430 g/mol. The Morgan fingerprint density at radius 2 is 1.68 bits per heavy atom. The van der Waals surface area contributed by atoms with Crippen molar-refractivity contribution < 1.29 is 18.0 Å². The van der Waals surface area contributed by atoms with Crippen LogP contribution in [0.15, 0.2) is 52.4 Å². The molecular formula is C22H21F3N4O2. The fraction of sp³-hybridized carbons (Fsp3) is 0.227. The maximum Gasteiger partial charge on any atom is 0.416 e. The number of amides is 1. The first-order valence-electron chi connectivity index (χ1n) is 9.40. The number of benzene rings is 2. The predicted octanol–water partition coefficient (Wildman–Crippen LogP) is 4.26. The number of carbonyl (C=O) groups is 1. The molecule has 0 aliphatic heterocycles. The van der Waals surface area contributed by atoms with Crippen LogP contribution < -0.4 is 11.0 Å². The number of hydrazone groups is 1. The van der Waals surface area contributed by atoms with Gasteiger partial charge >= 0.3 is 6.18 Å². The summed E-state index contributed by atoms with van der Waals surface area (Å²) in [7, 11) is 0. The van der Waals surface area contributed by atoms with Gasteiger partial charge in [0.05, 0.1) is 22.5 Å². The van der Waals surface area contributed by atoms with E-state index in [2.05, 4.69) is 15.6 Å². The minimum atomic E-state index is -4.48. The van der Waals surface area contributed by atoms with Crippen molar-refractivity contribution in [3.05, 3.63) is 86.3 Å². The standard InChI is InChI=1S/C22H21F3N4O2/c1-12-5-10-18(11-13(12)2)29-21(31)19(15(4)28-29)14(3)26-27-20(30)16-6-8-17(9-7-16)22(23,24)25/h5-11,28H,1-4H3,(H,27,30). The lowest BCUT2D eigenvalue weighted by atomic mass is 10.1. The number of carbonyl (C=O) groups excluding carboxylic acids is 1. The Bertz CT molecular complexity index is 1220. The number of rotatable bonds is 4. The summed E-state index contributed by atoms with van der Waals surface area (Å²) >= 11 is 0. The second-order valence-corrected chi connectivity index (χ2v) is 7.23. The minimum Gasteiger partial charge on any atom is -0.295 e. The lowest BCUT2D eigenvalue weighted by molar-refractivity contribution is -0.137. The van der Waals surface area contributed by atoms with E-state index >= 15 is 0 Å². The van der Waals surface area contributed by atoms with E-state index in [0.717, 1.165) is 35.4 Å². The molecule has 0 spiro atoms. The summed E-state index contributed by atoms with van der Waals surface area (Å²) in [5, 5.41) is 6.96. The molecule has 0 unspecified atom stereocenters. The Morgan fingerprint density at radius 1 is 1.03 bits per heavy atom. The van der Waals surface area contributed by atoms with Crippen LogP contribution in [0.5, 0.6) is 0 Å². The van der Waals surface area contributed by atoms with Gasteiger partial charge in [0.25, 0.3) is 11.5 Å². The van der Waals surface area contributed by atoms with Crippen molar-refractivity contribution in [1.82, 2.24) is 15.2 Å². The summed E-state index contributed by atoms with van der Waals surface area (Å²) in [6, 6.07) is 9.40. The average Bonchev–Trinajstić information content (AvgIpc) is 3.01. The van der Waals surface area contributed by atoms with Crippen LogP contribution in [-0.2, 0) is 6.18 Å². The van der Waals surface area contributed by atoms with Crippen molar-refractivity contribution in [2.24, 2.45) is 5.10 Å². The quantitative estimate of drug-likeness (QED) is 0.479. The zero-order valence-electron chi connectivity index (χ0n) is 17.4. The number of hydrogen-bond acceptors (Lipinski definition) is 3. The maximum atomic E-state index is 12.9. The molecule has 0 bridgehead atoms. The van der Waals surface area contributed by atoms with Gasteiger partial charge in [-0.15, -0.1) is 0 Å². The first-order valence-corrected chi connectivity index (χ1v) is 9.40. The zero-order chi connectivity index (χ0) is 22.9. The summed E-state index contributed by atoms with van der Waals surface area (Å²) < 4.78 is 39.3. The highest BCUT2D eigenvalue weighted by atomic mass is 19.4. The number of hydrogen-bond donors (Lipinski definition) is 2.